The smallest absolute Gasteiger partial charge is 0.219 e. The Bertz CT molecular complexity index is 384. The molecule has 2 heterocycles. The number of hydrogen-bond acceptors (Lipinski definition) is 9. The summed E-state index contributed by atoms with van der Waals surface area (Å²) in [4.78, 5) is 4.04. The molecule has 0 saturated heterocycles. The van der Waals surface area contributed by atoms with Crippen LogP contribution in [0.1, 0.15) is 5.01 Å². The van der Waals surface area contributed by atoms with E-state index in [1.165, 1.54) is 22.9 Å². The molecule has 0 unspecified atom stereocenters. The molecule has 0 amide bonds. The predicted molar refractivity (Wildman–Crippen MR) is 57.2 cm³/mol. The van der Waals surface area contributed by atoms with Gasteiger partial charge in [0.15, 0.2) is 4.34 Å². The maximum absolute atomic E-state index is 5.18. The van der Waals surface area contributed by atoms with Crippen molar-refractivity contribution in [3.63, 3.8) is 0 Å². The van der Waals surface area contributed by atoms with Gasteiger partial charge in [-0.05, 0) is 11.5 Å². The van der Waals surface area contributed by atoms with E-state index in [1.807, 2.05) is 0 Å². The Kier molecular flexibility index (Phi) is 3.24. The summed E-state index contributed by atoms with van der Waals surface area (Å²) < 4.78 is 4.83. The van der Waals surface area contributed by atoms with Gasteiger partial charge in [0.25, 0.3) is 0 Å². The van der Waals surface area contributed by atoms with E-state index in [-0.39, 0.29) is 0 Å². The van der Waals surface area contributed by atoms with Crippen LogP contribution in [0.25, 0.3) is 0 Å². The number of nitrogens with two attached hydrogens (primary N) is 1. The first-order valence-electron chi connectivity index (χ1n) is 3.57. The molecule has 0 aliphatic carbocycles. The second-order valence-corrected chi connectivity index (χ2v) is 5.21. The highest BCUT2D eigenvalue weighted by atomic mass is 32.2. The molecular weight excluding hydrogens is 240 g/mol. The summed E-state index contributed by atoms with van der Waals surface area (Å²) >= 11 is 4.39. The summed E-state index contributed by atoms with van der Waals surface area (Å²) in [5.41, 5.74) is 2.45. The van der Waals surface area contributed by atoms with Crippen LogP contribution < -0.4 is 11.3 Å². The molecule has 0 aliphatic heterocycles. The molecule has 0 bridgehead atoms. The van der Waals surface area contributed by atoms with E-state index < -0.39 is 0 Å². The number of nitrogens with zero attached hydrogens (tertiary/aromatic N) is 4. The van der Waals surface area contributed by atoms with Crippen LogP contribution in [0.15, 0.2) is 10.7 Å². The van der Waals surface area contributed by atoms with Crippen LogP contribution >= 0.6 is 34.6 Å². The van der Waals surface area contributed by atoms with Gasteiger partial charge in [0.2, 0.25) is 5.13 Å². The normalized spacial score (nSPS) is 10.4. The Morgan fingerprint density at radius 2 is 2.43 bits per heavy atom. The van der Waals surface area contributed by atoms with E-state index in [1.54, 1.807) is 18.1 Å². The van der Waals surface area contributed by atoms with Crippen LogP contribution in [0.3, 0.4) is 0 Å². The third kappa shape index (κ3) is 2.38. The summed E-state index contributed by atoms with van der Waals surface area (Å²) in [6.07, 6.45) is 1.54. The molecule has 0 radical (unpaired) electrons. The zero-order valence-corrected chi connectivity index (χ0v) is 9.32. The minimum atomic E-state index is 0.623. The highest BCUT2D eigenvalue weighted by Gasteiger charge is 2.04. The van der Waals surface area contributed by atoms with Crippen molar-refractivity contribution < 1.29 is 0 Å². The van der Waals surface area contributed by atoms with Crippen LogP contribution in [0.5, 0.6) is 0 Å². The minimum absolute atomic E-state index is 0.623. The average Bonchev–Trinajstić information content (AvgIpc) is 2.86. The molecule has 2 rings (SSSR count). The third-order valence-corrected chi connectivity index (χ3v) is 4.10. The van der Waals surface area contributed by atoms with Crippen molar-refractivity contribution in [3.8, 4) is 0 Å². The molecule has 14 heavy (non-hydrogen) atoms. The lowest BCUT2D eigenvalue weighted by Gasteiger charge is -1.89. The fraction of sp³-hybridized carbons (Fsp3) is 0.200. The third-order valence-electron chi connectivity index (χ3n) is 1.25. The van der Waals surface area contributed by atoms with Gasteiger partial charge in [0.05, 0.1) is 5.75 Å². The molecule has 0 aromatic carbocycles. The van der Waals surface area contributed by atoms with Gasteiger partial charge in [-0.15, -0.1) is 10.2 Å². The number of rotatable bonds is 4. The van der Waals surface area contributed by atoms with Crippen molar-refractivity contribution in [2.75, 3.05) is 5.43 Å². The zero-order chi connectivity index (χ0) is 9.80. The average molecular weight is 246 g/mol. The van der Waals surface area contributed by atoms with Crippen LogP contribution in [0.4, 0.5) is 5.13 Å². The fourth-order valence-electron chi connectivity index (χ4n) is 0.720. The Morgan fingerprint density at radius 3 is 3.07 bits per heavy atom. The predicted octanol–water partition coefficient (Wildman–Crippen LogP) is 0.968. The molecule has 9 heteroatoms. The highest BCUT2D eigenvalue weighted by Crippen LogP contribution is 2.25. The molecule has 6 nitrogen and oxygen atoms in total. The highest BCUT2D eigenvalue weighted by molar-refractivity contribution is 8.00. The maximum Gasteiger partial charge on any atom is 0.219 e. The van der Waals surface area contributed by atoms with Crippen molar-refractivity contribution in [2.24, 2.45) is 5.84 Å². The number of nitrogens with one attached hydrogen (secondary N) is 1. The lowest BCUT2D eigenvalue weighted by molar-refractivity contribution is 1.03. The molecule has 2 aromatic rings. The summed E-state index contributed by atoms with van der Waals surface area (Å²) in [5, 5.41) is 9.31. The molecule has 74 valence electrons. The van der Waals surface area contributed by atoms with Crippen LogP contribution in [0.2, 0.25) is 0 Å². The van der Waals surface area contributed by atoms with E-state index >= 15 is 0 Å². The molecule has 0 atom stereocenters. The number of hydrazine groups is 1. The Labute approximate surface area is 92.1 Å². The Hall–Kier alpha value is -0.770. The van der Waals surface area contributed by atoms with Gasteiger partial charge in [0, 0.05) is 0 Å². The SMILES string of the molecule is NNc1nnc(CSc2ncns2)s1. The van der Waals surface area contributed by atoms with Gasteiger partial charge >= 0.3 is 0 Å². The van der Waals surface area contributed by atoms with Gasteiger partial charge in [-0.25, -0.2) is 10.8 Å². The zero-order valence-electron chi connectivity index (χ0n) is 6.88. The van der Waals surface area contributed by atoms with Gasteiger partial charge in [0.1, 0.15) is 11.3 Å². The van der Waals surface area contributed by atoms with Gasteiger partial charge in [-0.1, -0.05) is 23.1 Å². The van der Waals surface area contributed by atoms with Crippen LogP contribution in [-0.2, 0) is 5.75 Å². The van der Waals surface area contributed by atoms with Gasteiger partial charge in [-0.2, -0.15) is 4.37 Å². The molecule has 3 N–H and O–H groups in total. The Balaban J connectivity index is 1.92. The number of anilines is 1. The van der Waals surface area contributed by atoms with Crippen molar-refractivity contribution in [3.05, 3.63) is 11.3 Å². The van der Waals surface area contributed by atoms with E-state index in [2.05, 4.69) is 25.0 Å². The summed E-state index contributed by atoms with van der Waals surface area (Å²) in [6.45, 7) is 0. The maximum atomic E-state index is 5.18. The molecular formula is C5H6N6S3. The van der Waals surface area contributed by atoms with Crippen LogP contribution in [-0.4, -0.2) is 19.6 Å². The van der Waals surface area contributed by atoms with Crippen molar-refractivity contribution >= 4 is 39.8 Å². The molecule has 2 aromatic heterocycles. The summed E-state index contributed by atoms with van der Waals surface area (Å²) in [5.74, 6) is 5.93. The van der Waals surface area contributed by atoms with E-state index in [4.69, 9.17) is 5.84 Å². The van der Waals surface area contributed by atoms with Gasteiger partial charge < -0.3 is 0 Å². The summed E-state index contributed by atoms with van der Waals surface area (Å²) in [6, 6.07) is 0. The van der Waals surface area contributed by atoms with Crippen molar-refractivity contribution in [2.45, 2.75) is 10.1 Å². The second-order valence-electron chi connectivity index (χ2n) is 2.14. The van der Waals surface area contributed by atoms with Crippen molar-refractivity contribution in [1.29, 1.82) is 0 Å². The largest absolute Gasteiger partial charge is 0.298 e. The standard InChI is InChI=1S/C5H6N6S3/c6-9-4-11-10-3(13-4)1-12-5-7-2-8-14-5/h2H,1,6H2,(H,9,11). The molecule has 0 saturated carbocycles. The van der Waals surface area contributed by atoms with Gasteiger partial charge in [-0.3, -0.25) is 5.43 Å². The summed E-state index contributed by atoms with van der Waals surface area (Å²) in [7, 11) is 0. The first kappa shape index (κ1) is 9.77. The monoisotopic (exact) mass is 246 g/mol. The van der Waals surface area contributed by atoms with Crippen molar-refractivity contribution in [1.82, 2.24) is 19.6 Å². The lowest BCUT2D eigenvalue weighted by Crippen LogP contribution is -2.05. The number of thioether (sulfide) groups is 1. The first-order chi connectivity index (χ1) is 6.88. The fourth-order valence-corrected chi connectivity index (χ4v) is 2.80. The topological polar surface area (TPSA) is 89.6 Å². The molecule has 0 fully saturated rings. The first-order valence-corrected chi connectivity index (χ1v) is 6.14. The van der Waals surface area contributed by atoms with E-state index in [0.717, 1.165) is 15.1 Å². The van der Waals surface area contributed by atoms with E-state index in [9.17, 15) is 0 Å². The molecule has 0 spiro atoms. The van der Waals surface area contributed by atoms with E-state index in [0.29, 0.717) is 5.13 Å². The number of aromatic nitrogens is 4. The number of nitrogen functional groups attached to an aromatic ring is 1. The van der Waals surface area contributed by atoms with Crippen LogP contribution in [0, 0.1) is 0 Å². The Morgan fingerprint density at radius 1 is 1.50 bits per heavy atom. The second kappa shape index (κ2) is 4.64. The molecule has 0 aliphatic rings. The minimum Gasteiger partial charge on any atom is -0.298 e. The quantitative estimate of drug-likeness (QED) is 0.472. The lowest BCUT2D eigenvalue weighted by atomic mass is 10.9. The number of hydrogen-bond donors (Lipinski definition) is 2.